The van der Waals surface area contributed by atoms with Crippen molar-refractivity contribution in [2.75, 3.05) is 19.6 Å². The lowest BCUT2D eigenvalue weighted by Crippen LogP contribution is -2.53. The second-order valence-electron chi connectivity index (χ2n) is 18.3. The van der Waals surface area contributed by atoms with Crippen molar-refractivity contribution < 1.29 is 19.2 Å². The summed E-state index contributed by atoms with van der Waals surface area (Å²) in [6.07, 6.45) is 44.3. The van der Waals surface area contributed by atoms with Gasteiger partial charge in [-0.3, -0.25) is 24.2 Å². The largest absolute Gasteiger partial charge is 0.353 e. The van der Waals surface area contributed by atoms with E-state index in [-0.39, 0.29) is 48.8 Å². The Balaban J connectivity index is 2.55. The maximum atomic E-state index is 13.4. The van der Waals surface area contributed by atoms with E-state index in [0.29, 0.717) is 38.6 Å². The maximum Gasteiger partial charge on any atom is 0.244 e. The lowest BCUT2D eigenvalue weighted by atomic mass is 10.1. The molecule has 0 spiro atoms. The molecule has 6 N–H and O–H groups in total. The Kier molecular flexibility index (Phi) is 40.2. The minimum absolute atomic E-state index is 0.0315. The lowest BCUT2D eigenvalue weighted by molar-refractivity contribution is -0.129. The molecule has 370 valence electrons. The standard InChI is InChI=1S/C55H96N6O4/c1-4-6-8-10-12-14-16-18-20-22-24-26-28-30-35-39-52(62)59-47-51(61-53(63)40-36-31-29-27-25-23-21-19-17-15-13-11-9-7-5-2)55(65)58-44-43-57-46-50(45-49-37-33-32-34-38-49)60-54(64)42-41-48(3)56/h18-21,32-34,37-38,46,48,50-51H,4-17,22-31,35-36,39-45,47,56H2,1-3H3,(H,58,65)(H,59,62)(H,60,64)(H,61,63)/b20-18-,21-19-,57-46?. The summed E-state index contributed by atoms with van der Waals surface area (Å²) in [6, 6.07) is 8.65. The number of amides is 4. The predicted molar refractivity (Wildman–Crippen MR) is 275 cm³/mol. The molecule has 0 aliphatic carbocycles. The average molecular weight is 905 g/mol. The number of hydrogen-bond acceptors (Lipinski definition) is 6. The Bertz CT molecular complexity index is 1400. The highest BCUT2D eigenvalue weighted by molar-refractivity contribution is 5.88. The fourth-order valence-electron chi connectivity index (χ4n) is 7.71. The molecule has 10 heteroatoms. The molecule has 0 radical (unpaired) electrons. The van der Waals surface area contributed by atoms with Gasteiger partial charge in [-0.2, -0.15) is 0 Å². The first-order valence-electron chi connectivity index (χ1n) is 26.5. The van der Waals surface area contributed by atoms with Crippen LogP contribution in [0.4, 0.5) is 0 Å². The number of carbonyl (C=O) groups excluding carboxylic acids is 4. The number of carbonyl (C=O) groups is 4. The first kappa shape index (κ1) is 59.2. The smallest absolute Gasteiger partial charge is 0.244 e. The second-order valence-corrected chi connectivity index (χ2v) is 18.3. The molecular weight excluding hydrogens is 809 g/mol. The maximum absolute atomic E-state index is 13.4. The first-order valence-corrected chi connectivity index (χ1v) is 26.5. The number of aliphatic imine (C=N–C) groups is 1. The summed E-state index contributed by atoms with van der Waals surface area (Å²) in [7, 11) is 0. The normalized spacial score (nSPS) is 13.0. The van der Waals surface area contributed by atoms with Gasteiger partial charge in [0.05, 0.1) is 12.6 Å². The van der Waals surface area contributed by atoms with E-state index in [9.17, 15) is 19.2 Å². The van der Waals surface area contributed by atoms with E-state index >= 15 is 0 Å². The van der Waals surface area contributed by atoms with Gasteiger partial charge in [-0.05, 0) is 89.5 Å². The van der Waals surface area contributed by atoms with Gasteiger partial charge in [0.2, 0.25) is 23.6 Å². The number of unbranched alkanes of at least 4 members (excludes halogenated alkanes) is 22. The molecule has 0 saturated heterocycles. The molecule has 0 aliphatic heterocycles. The minimum atomic E-state index is -0.886. The first-order chi connectivity index (χ1) is 31.7. The Morgan fingerprint density at radius 2 is 1.03 bits per heavy atom. The van der Waals surface area contributed by atoms with Crippen LogP contribution >= 0.6 is 0 Å². The molecule has 3 unspecified atom stereocenters. The van der Waals surface area contributed by atoms with Crippen LogP contribution in [-0.2, 0) is 25.6 Å². The summed E-state index contributed by atoms with van der Waals surface area (Å²) < 4.78 is 0. The third-order valence-corrected chi connectivity index (χ3v) is 11.8. The van der Waals surface area contributed by atoms with Gasteiger partial charge in [-0.1, -0.05) is 171 Å². The molecule has 65 heavy (non-hydrogen) atoms. The third-order valence-electron chi connectivity index (χ3n) is 11.8. The second kappa shape index (κ2) is 44.1. The quantitative estimate of drug-likeness (QED) is 0.0251. The van der Waals surface area contributed by atoms with E-state index in [4.69, 9.17) is 5.73 Å². The molecule has 0 heterocycles. The molecule has 0 aromatic heterocycles. The number of allylic oxidation sites excluding steroid dienone is 4. The fourth-order valence-corrected chi connectivity index (χ4v) is 7.71. The van der Waals surface area contributed by atoms with Crippen LogP contribution in [0.3, 0.4) is 0 Å². The Hall–Kier alpha value is -3.79. The van der Waals surface area contributed by atoms with E-state index in [0.717, 1.165) is 69.8 Å². The number of rotatable bonds is 44. The Morgan fingerprint density at radius 3 is 1.54 bits per heavy atom. The van der Waals surface area contributed by atoms with E-state index in [1.165, 1.54) is 103 Å². The van der Waals surface area contributed by atoms with Crippen molar-refractivity contribution in [3.63, 3.8) is 0 Å². The van der Waals surface area contributed by atoms with Crippen LogP contribution in [0.15, 0.2) is 59.6 Å². The van der Waals surface area contributed by atoms with Crippen molar-refractivity contribution in [3.05, 3.63) is 60.2 Å². The third kappa shape index (κ3) is 39.1. The van der Waals surface area contributed by atoms with Crippen molar-refractivity contribution in [3.8, 4) is 0 Å². The molecule has 0 bridgehead atoms. The summed E-state index contributed by atoms with van der Waals surface area (Å²) in [5.41, 5.74) is 6.93. The Labute approximate surface area is 397 Å². The van der Waals surface area contributed by atoms with Gasteiger partial charge < -0.3 is 27.0 Å². The number of nitrogens with zero attached hydrogens (tertiary/aromatic N) is 1. The summed E-state index contributed by atoms with van der Waals surface area (Å²) in [4.78, 5) is 56.5. The number of nitrogens with one attached hydrogen (secondary N) is 4. The monoisotopic (exact) mass is 905 g/mol. The number of hydrogen-bond donors (Lipinski definition) is 5. The van der Waals surface area contributed by atoms with E-state index in [1.807, 2.05) is 37.3 Å². The van der Waals surface area contributed by atoms with Gasteiger partial charge >= 0.3 is 0 Å². The summed E-state index contributed by atoms with van der Waals surface area (Å²) in [5.74, 6) is -0.730. The molecule has 1 aromatic carbocycles. The van der Waals surface area contributed by atoms with Gasteiger partial charge in [-0.15, -0.1) is 0 Å². The average Bonchev–Trinajstić information content (AvgIpc) is 3.29. The number of nitrogens with two attached hydrogens (primary N) is 1. The van der Waals surface area contributed by atoms with Crippen LogP contribution in [0.5, 0.6) is 0 Å². The Morgan fingerprint density at radius 1 is 0.569 bits per heavy atom. The van der Waals surface area contributed by atoms with Crippen LogP contribution in [0.2, 0.25) is 0 Å². The van der Waals surface area contributed by atoms with Crippen molar-refractivity contribution in [1.82, 2.24) is 21.3 Å². The summed E-state index contributed by atoms with van der Waals surface area (Å²) in [5, 5.41) is 11.8. The predicted octanol–water partition coefficient (Wildman–Crippen LogP) is 11.7. The zero-order chi connectivity index (χ0) is 47.3. The lowest BCUT2D eigenvalue weighted by Gasteiger charge is -2.19. The van der Waals surface area contributed by atoms with Gasteiger partial charge in [0.15, 0.2) is 0 Å². The molecule has 0 fully saturated rings. The van der Waals surface area contributed by atoms with E-state index < -0.39 is 6.04 Å². The van der Waals surface area contributed by atoms with Crippen LogP contribution in [0, 0.1) is 0 Å². The molecule has 0 saturated carbocycles. The molecule has 0 aliphatic rings. The SMILES string of the molecule is CCCCCCCC/C=C\CCCCCCCC(=O)NCC(NC(=O)CCCCCCC/C=C\CCCCCCCC)C(=O)NCCN=CC(Cc1ccccc1)NC(=O)CCC(C)N. The summed E-state index contributed by atoms with van der Waals surface area (Å²) in [6.45, 7) is 6.97. The van der Waals surface area contributed by atoms with Crippen molar-refractivity contribution >= 4 is 29.8 Å². The minimum Gasteiger partial charge on any atom is -0.353 e. The highest BCUT2D eigenvalue weighted by Crippen LogP contribution is 2.12. The zero-order valence-electron chi connectivity index (χ0n) is 41.7. The highest BCUT2D eigenvalue weighted by Gasteiger charge is 2.21. The van der Waals surface area contributed by atoms with Crippen LogP contribution < -0.4 is 27.0 Å². The summed E-state index contributed by atoms with van der Waals surface area (Å²) >= 11 is 0. The van der Waals surface area contributed by atoms with Crippen molar-refractivity contribution in [2.24, 2.45) is 10.7 Å². The molecule has 1 rings (SSSR count). The molecule has 1 aromatic rings. The van der Waals surface area contributed by atoms with E-state index in [1.54, 1.807) is 6.21 Å². The van der Waals surface area contributed by atoms with Gasteiger partial charge in [0.1, 0.15) is 6.04 Å². The number of benzene rings is 1. The molecule has 4 amide bonds. The van der Waals surface area contributed by atoms with Gasteiger partial charge in [0.25, 0.3) is 0 Å². The molecule has 3 atom stereocenters. The van der Waals surface area contributed by atoms with Crippen molar-refractivity contribution in [2.45, 2.75) is 238 Å². The zero-order valence-corrected chi connectivity index (χ0v) is 41.7. The topological polar surface area (TPSA) is 155 Å². The van der Waals surface area contributed by atoms with Crippen molar-refractivity contribution in [1.29, 1.82) is 0 Å². The van der Waals surface area contributed by atoms with Crippen LogP contribution in [-0.4, -0.2) is 67.6 Å². The van der Waals surface area contributed by atoms with E-state index in [2.05, 4.69) is 64.4 Å². The fraction of sp³-hybridized carbons (Fsp3) is 0.727. The van der Waals surface area contributed by atoms with Gasteiger partial charge in [-0.25, -0.2) is 0 Å². The van der Waals surface area contributed by atoms with Crippen LogP contribution in [0.1, 0.15) is 219 Å². The van der Waals surface area contributed by atoms with Crippen LogP contribution in [0.25, 0.3) is 0 Å². The molecular formula is C55H96N6O4. The molecule has 10 nitrogen and oxygen atoms in total. The van der Waals surface area contributed by atoms with Gasteiger partial charge in [0, 0.05) is 44.6 Å². The highest BCUT2D eigenvalue weighted by atomic mass is 16.2.